The van der Waals surface area contributed by atoms with Crippen LogP contribution in [0.15, 0.2) is 18.2 Å². The van der Waals surface area contributed by atoms with Crippen molar-refractivity contribution in [1.29, 1.82) is 5.26 Å². The Hall–Kier alpha value is -1.57. The second-order valence-electron chi connectivity index (χ2n) is 5.36. The van der Waals surface area contributed by atoms with E-state index in [1.807, 2.05) is 12.1 Å². The molecule has 20 heavy (non-hydrogen) atoms. The quantitative estimate of drug-likeness (QED) is 0.816. The molecule has 0 radical (unpaired) electrons. The Morgan fingerprint density at radius 1 is 1.50 bits per heavy atom. The maximum absolute atomic E-state index is 9.06. The first-order valence-electron chi connectivity index (χ1n) is 6.88. The van der Waals surface area contributed by atoms with Crippen LogP contribution in [0.5, 0.6) is 0 Å². The highest BCUT2D eigenvalue weighted by atomic mass is 35.5. The number of imidazole rings is 1. The number of nitriles is 1. The molecule has 1 atom stereocenters. The van der Waals surface area contributed by atoms with Crippen molar-refractivity contribution >= 4 is 22.6 Å². The summed E-state index contributed by atoms with van der Waals surface area (Å²) in [4.78, 5) is 6.96. The highest BCUT2D eigenvalue weighted by Crippen LogP contribution is 2.23. The molecule has 0 N–H and O–H groups in total. The van der Waals surface area contributed by atoms with Gasteiger partial charge >= 0.3 is 0 Å². The topological polar surface area (TPSA) is 44.9 Å². The molecule has 0 bridgehead atoms. The molecule has 1 unspecified atom stereocenters. The lowest BCUT2D eigenvalue weighted by molar-refractivity contribution is 0.282. The van der Waals surface area contributed by atoms with Crippen LogP contribution in [0.25, 0.3) is 11.0 Å². The molecule has 1 fully saturated rings. The number of aromatic nitrogens is 2. The molecular weight excluding hydrogens is 272 g/mol. The van der Waals surface area contributed by atoms with Gasteiger partial charge in [0, 0.05) is 12.6 Å². The Bertz CT molecular complexity index is 670. The van der Waals surface area contributed by atoms with Crippen molar-refractivity contribution in [3.05, 3.63) is 29.6 Å². The Balaban J connectivity index is 2.04. The Kier molecular flexibility index (Phi) is 3.64. The molecule has 2 aromatic rings. The van der Waals surface area contributed by atoms with Crippen molar-refractivity contribution in [3.8, 4) is 6.07 Å². The van der Waals surface area contributed by atoms with Gasteiger partial charge in [-0.3, -0.25) is 0 Å². The van der Waals surface area contributed by atoms with Gasteiger partial charge < -0.3 is 9.47 Å². The lowest BCUT2D eigenvalue weighted by atomic mass is 10.2. The lowest BCUT2D eigenvalue weighted by Crippen LogP contribution is -2.29. The number of rotatable bonds is 3. The van der Waals surface area contributed by atoms with Crippen molar-refractivity contribution in [3.63, 3.8) is 0 Å². The van der Waals surface area contributed by atoms with Crippen LogP contribution in [0.2, 0.25) is 0 Å². The average Bonchev–Trinajstić information content (AvgIpc) is 3.03. The summed E-state index contributed by atoms with van der Waals surface area (Å²) in [5.74, 6) is 1.28. The van der Waals surface area contributed by atoms with Gasteiger partial charge in [-0.15, -0.1) is 11.6 Å². The molecule has 1 saturated heterocycles. The fraction of sp³-hybridized carbons (Fsp3) is 0.467. The van der Waals surface area contributed by atoms with Gasteiger partial charge in [-0.25, -0.2) is 4.98 Å². The Morgan fingerprint density at radius 3 is 3.00 bits per heavy atom. The van der Waals surface area contributed by atoms with Crippen LogP contribution >= 0.6 is 11.6 Å². The van der Waals surface area contributed by atoms with E-state index in [0.29, 0.717) is 17.5 Å². The van der Waals surface area contributed by atoms with Gasteiger partial charge in [-0.05, 0) is 44.6 Å². The molecule has 1 aromatic carbocycles. The molecule has 5 heteroatoms. The van der Waals surface area contributed by atoms with Gasteiger partial charge in [0.05, 0.1) is 28.5 Å². The van der Waals surface area contributed by atoms with E-state index in [2.05, 4.69) is 27.6 Å². The van der Waals surface area contributed by atoms with Crippen molar-refractivity contribution < 1.29 is 0 Å². The number of hydrogen-bond donors (Lipinski definition) is 0. The van der Waals surface area contributed by atoms with Crippen molar-refractivity contribution in [1.82, 2.24) is 14.5 Å². The minimum atomic E-state index is 0.396. The third kappa shape index (κ3) is 2.28. The number of halogens is 1. The van der Waals surface area contributed by atoms with Crippen LogP contribution < -0.4 is 0 Å². The third-order valence-corrected chi connectivity index (χ3v) is 4.38. The molecule has 0 spiro atoms. The van der Waals surface area contributed by atoms with Crippen LogP contribution in [0.3, 0.4) is 0 Å². The normalized spacial score (nSPS) is 19.6. The van der Waals surface area contributed by atoms with Gasteiger partial charge in [0.1, 0.15) is 5.82 Å². The van der Waals surface area contributed by atoms with Gasteiger partial charge in [0.15, 0.2) is 0 Å². The second-order valence-corrected chi connectivity index (χ2v) is 5.63. The summed E-state index contributed by atoms with van der Waals surface area (Å²) in [5, 5.41) is 9.06. The fourth-order valence-corrected chi connectivity index (χ4v) is 3.17. The van der Waals surface area contributed by atoms with E-state index < -0.39 is 0 Å². The average molecular weight is 289 g/mol. The smallest absolute Gasteiger partial charge is 0.124 e. The first-order chi connectivity index (χ1) is 9.72. The highest BCUT2D eigenvalue weighted by Gasteiger charge is 2.23. The molecule has 1 aromatic heterocycles. The number of nitrogens with zero attached hydrogens (tertiary/aromatic N) is 4. The Labute approximate surface area is 123 Å². The van der Waals surface area contributed by atoms with E-state index in [4.69, 9.17) is 16.9 Å². The van der Waals surface area contributed by atoms with E-state index >= 15 is 0 Å². The zero-order chi connectivity index (χ0) is 14.1. The van der Waals surface area contributed by atoms with E-state index in [9.17, 15) is 0 Å². The van der Waals surface area contributed by atoms with Crippen LogP contribution in [0.1, 0.15) is 24.2 Å². The molecule has 2 heterocycles. The SMILES string of the molecule is CN1CCCC1Cn1c(CCl)nc2ccc(C#N)cc21. The number of fused-ring (bicyclic) bond motifs is 1. The zero-order valence-corrected chi connectivity index (χ0v) is 12.3. The minimum Gasteiger partial charge on any atom is -0.325 e. The number of likely N-dealkylation sites (N-methyl/N-ethyl adjacent to an activating group) is 1. The number of alkyl halides is 1. The minimum absolute atomic E-state index is 0.396. The van der Waals surface area contributed by atoms with Gasteiger partial charge in [-0.2, -0.15) is 5.26 Å². The summed E-state index contributed by atoms with van der Waals surface area (Å²) >= 11 is 6.04. The zero-order valence-electron chi connectivity index (χ0n) is 11.5. The maximum atomic E-state index is 9.06. The standard InChI is InChI=1S/C15H17ClN4/c1-19-6-2-3-12(19)10-20-14-7-11(9-17)4-5-13(14)18-15(20)8-16/h4-5,7,12H,2-3,6,8,10H2,1H3. The van der Waals surface area contributed by atoms with E-state index in [-0.39, 0.29) is 0 Å². The van der Waals surface area contributed by atoms with Crippen LogP contribution in [-0.4, -0.2) is 34.1 Å². The van der Waals surface area contributed by atoms with Crippen molar-refractivity contribution in [2.75, 3.05) is 13.6 Å². The summed E-state index contributed by atoms with van der Waals surface area (Å²) in [6, 6.07) is 8.34. The van der Waals surface area contributed by atoms with Crippen LogP contribution in [-0.2, 0) is 12.4 Å². The summed E-state index contributed by atoms with van der Waals surface area (Å²) in [5.41, 5.74) is 2.60. The second kappa shape index (κ2) is 5.43. The summed E-state index contributed by atoms with van der Waals surface area (Å²) in [6.07, 6.45) is 2.45. The first-order valence-corrected chi connectivity index (χ1v) is 7.42. The molecule has 3 rings (SSSR count). The predicted molar refractivity (Wildman–Crippen MR) is 79.7 cm³/mol. The number of benzene rings is 1. The first kappa shape index (κ1) is 13.4. The van der Waals surface area contributed by atoms with Crippen molar-refractivity contribution in [2.24, 2.45) is 0 Å². The predicted octanol–water partition coefficient (Wildman–Crippen LogP) is 2.74. The Morgan fingerprint density at radius 2 is 2.35 bits per heavy atom. The van der Waals surface area contributed by atoms with E-state index in [1.165, 1.54) is 12.8 Å². The molecule has 1 aliphatic rings. The largest absolute Gasteiger partial charge is 0.325 e. The molecular formula is C15H17ClN4. The fourth-order valence-electron chi connectivity index (χ4n) is 2.97. The van der Waals surface area contributed by atoms with Gasteiger partial charge in [0.2, 0.25) is 0 Å². The molecule has 0 amide bonds. The molecule has 0 aliphatic carbocycles. The molecule has 1 aliphatic heterocycles. The summed E-state index contributed by atoms with van der Waals surface area (Å²) in [6.45, 7) is 2.04. The van der Waals surface area contributed by atoms with Gasteiger partial charge in [-0.1, -0.05) is 0 Å². The summed E-state index contributed by atoms with van der Waals surface area (Å²) in [7, 11) is 2.16. The monoisotopic (exact) mass is 288 g/mol. The highest BCUT2D eigenvalue weighted by molar-refractivity contribution is 6.16. The van der Waals surface area contributed by atoms with Crippen molar-refractivity contribution in [2.45, 2.75) is 31.3 Å². The third-order valence-electron chi connectivity index (χ3n) is 4.14. The number of hydrogen-bond acceptors (Lipinski definition) is 3. The van der Waals surface area contributed by atoms with E-state index in [1.54, 1.807) is 6.07 Å². The molecule has 0 saturated carbocycles. The number of likely N-dealkylation sites (tertiary alicyclic amines) is 1. The van der Waals surface area contributed by atoms with Gasteiger partial charge in [0.25, 0.3) is 0 Å². The molecule has 4 nitrogen and oxygen atoms in total. The molecule has 104 valence electrons. The maximum Gasteiger partial charge on any atom is 0.124 e. The summed E-state index contributed by atoms with van der Waals surface area (Å²) < 4.78 is 2.18. The van der Waals surface area contributed by atoms with Crippen LogP contribution in [0.4, 0.5) is 0 Å². The van der Waals surface area contributed by atoms with E-state index in [0.717, 1.165) is 29.9 Å². The van der Waals surface area contributed by atoms with Crippen LogP contribution in [0, 0.1) is 11.3 Å². The lowest BCUT2D eigenvalue weighted by Gasteiger charge is -2.21.